The molecule has 0 saturated carbocycles. The van der Waals surface area contributed by atoms with Crippen LogP contribution in [0.3, 0.4) is 0 Å². The van der Waals surface area contributed by atoms with Gasteiger partial charge in [-0.3, -0.25) is 0 Å². The van der Waals surface area contributed by atoms with Crippen molar-refractivity contribution in [2.45, 2.75) is 25.4 Å². The van der Waals surface area contributed by atoms with Crippen LogP contribution < -0.4 is 14.2 Å². The van der Waals surface area contributed by atoms with Crippen LogP contribution in [0.25, 0.3) is 10.8 Å². The first-order valence-corrected chi connectivity index (χ1v) is 10.3. The van der Waals surface area contributed by atoms with Crippen molar-refractivity contribution in [3.8, 4) is 17.2 Å². The van der Waals surface area contributed by atoms with Crippen molar-refractivity contribution in [1.82, 2.24) is 0 Å². The minimum atomic E-state index is -1.12. The molecule has 1 aliphatic heterocycles. The third-order valence-electron chi connectivity index (χ3n) is 5.65. The van der Waals surface area contributed by atoms with Crippen LogP contribution >= 0.6 is 0 Å². The second-order valence-electron chi connectivity index (χ2n) is 7.35. The maximum Gasteiger partial charge on any atom is 0.225 e. The van der Waals surface area contributed by atoms with Gasteiger partial charge >= 0.3 is 0 Å². The summed E-state index contributed by atoms with van der Waals surface area (Å²) in [6.45, 7) is 3.31. The molecule has 0 spiro atoms. The van der Waals surface area contributed by atoms with Crippen LogP contribution in [0.4, 0.5) is 0 Å². The zero-order chi connectivity index (χ0) is 21.8. The van der Waals surface area contributed by atoms with Crippen molar-refractivity contribution in [2.75, 3.05) is 34.5 Å². The fourth-order valence-electron chi connectivity index (χ4n) is 4.14. The predicted octanol–water partition coefficient (Wildman–Crippen LogP) is 4.67. The van der Waals surface area contributed by atoms with Crippen molar-refractivity contribution < 1.29 is 28.4 Å². The molecule has 0 unspecified atom stereocenters. The molecule has 0 aromatic heterocycles. The van der Waals surface area contributed by atoms with Crippen LogP contribution in [0.2, 0.25) is 0 Å². The topological polar surface area (TPSA) is 55.4 Å². The summed E-state index contributed by atoms with van der Waals surface area (Å²) < 4.78 is 35.8. The Labute approximate surface area is 182 Å². The van der Waals surface area contributed by atoms with Crippen LogP contribution in [-0.4, -0.2) is 40.6 Å². The normalized spacial score (nSPS) is 16.3. The summed E-state index contributed by atoms with van der Waals surface area (Å²) in [4.78, 5) is 0. The molecular weight excluding hydrogens is 396 g/mol. The summed E-state index contributed by atoms with van der Waals surface area (Å²) in [6, 6.07) is 17.7. The highest BCUT2D eigenvalue weighted by molar-refractivity contribution is 5.99. The molecule has 6 heteroatoms. The molecule has 1 heterocycles. The van der Waals surface area contributed by atoms with Crippen LogP contribution in [0.15, 0.2) is 54.6 Å². The van der Waals surface area contributed by atoms with Gasteiger partial charge in [0, 0.05) is 5.39 Å². The summed E-state index contributed by atoms with van der Waals surface area (Å²) >= 11 is 0. The molecule has 0 N–H and O–H groups in total. The highest BCUT2D eigenvalue weighted by Crippen LogP contribution is 2.49. The highest BCUT2D eigenvalue weighted by atomic mass is 16.8. The van der Waals surface area contributed by atoms with Crippen LogP contribution in [0.5, 0.6) is 17.2 Å². The van der Waals surface area contributed by atoms with E-state index in [9.17, 15) is 0 Å². The van der Waals surface area contributed by atoms with Gasteiger partial charge in [-0.05, 0) is 24.6 Å². The van der Waals surface area contributed by atoms with Gasteiger partial charge in [-0.15, -0.1) is 0 Å². The van der Waals surface area contributed by atoms with Crippen molar-refractivity contribution >= 4 is 10.8 Å². The average molecular weight is 424 g/mol. The first-order chi connectivity index (χ1) is 15.1. The lowest BCUT2D eigenvalue weighted by atomic mass is 9.94. The number of benzene rings is 3. The van der Waals surface area contributed by atoms with Gasteiger partial charge in [0.1, 0.15) is 23.4 Å². The Morgan fingerprint density at radius 2 is 1.58 bits per heavy atom. The van der Waals surface area contributed by atoms with Gasteiger partial charge in [0.05, 0.1) is 52.1 Å². The quantitative estimate of drug-likeness (QED) is 0.524. The molecule has 0 aliphatic carbocycles. The molecule has 3 aromatic rings. The summed E-state index contributed by atoms with van der Waals surface area (Å²) in [5, 5.41) is 1.68. The smallest absolute Gasteiger partial charge is 0.225 e. The standard InChI is InChI=1S/C25H28O6/c1-17(29-16-18-9-6-5-7-10-18)25(30-13-14-31-25)20-15-22(27-3)23-19(24(20)28-4)11-8-12-21(23)26-2/h5-12,15,17H,13-14,16H2,1-4H3/t17-/m1/s1. The molecule has 1 atom stereocenters. The number of ether oxygens (including phenoxy) is 6. The molecule has 31 heavy (non-hydrogen) atoms. The molecule has 0 radical (unpaired) electrons. The monoisotopic (exact) mass is 424 g/mol. The maximum atomic E-state index is 6.23. The molecule has 0 amide bonds. The Kier molecular flexibility index (Phi) is 6.32. The minimum Gasteiger partial charge on any atom is -0.496 e. The van der Waals surface area contributed by atoms with E-state index in [4.69, 9.17) is 28.4 Å². The lowest BCUT2D eigenvalue weighted by Gasteiger charge is -2.35. The molecule has 1 fully saturated rings. The first kappa shape index (κ1) is 21.4. The second kappa shape index (κ2) is 9.14. The molecular formula is C25H28O6. The Morgan fingerprint density at radius 1 is 0.871 bits per heavy atom. The van der Waals surface area contributed by atoms with E-state index in [-0.39, 0.29) is 0 Å². The molecule has 3 aromatic carbocycles. The van der Waals surface area contributed by atoms with Crippen molar-refractivity contribution in [3.05, 3.63) is 65.7 Å². The Bertz CT molecular complexity index is 1030. The predicted molar refractivity (Wildman–Crippen MR) is 118 cm³/mol. The SMILES string of the molecule is COc1c(C2([C@@H](C)OCc3ccccc3)OCCO2)cc(OC)c2c(OC)cccc12. The molecule has 0 bridgehead atoms. The highest BCUT2D eigenvalue weighted by Gasteiger charge is 2.48. The van der Waals surface area contributed by atoms with E-state index in [1.54, 1.807) is 21.3 Å². The minimum absolute atomic E-state index is 0.406. The average Bonchev–Trinajstić information content (AvgIpc) is 3.32. The second-order valence-corrected chi connectivity index (χ2v) is 7.35. The van der Waals surface area contributed by atoms with Gasteiger partial charge in [-0.2, -0.15) is 0 Å². The van der Waals surface area contributed by atoms with Crippen molar-refractivity contribution in [3.63, 3.8) is 0 Å². The summed E-state index contributed by atoms with van der Waals surface area (Å²) in [5.41, 5.74) is 1.81. The molecule has 1 saturated heterocycles. The number of methoxy groups -OCH3 is 3. The van der Waals surface area contributed by atoms with Gasteiger partial charge in [-0.25, -0.2) is 0 Å². The fraction of sp³-hybridized carbons (Fsp3) is 0.360. The number of hydrogen-bond donors (Lipinski definition) is 0. The molecule has 164 valence electrons. The van der Waals surface area contributed by atoms with Gasteiger partial charge in [-0.1, -0.05) is 42.5 Å². The Balaban J connectivity index is 1.81. The third kappa shape index (κ3) is 3.82. The number of hydrogen-bond acceptors (Lipinski definition) is 6. The van der Waals surface area contributed by atoms with E-state index in [2.05, 4.69) is 0 Å². The molecule has 6 nitrogen and oxygen atoms in total. The van der Waals surface area contributed by atoms with Crippen molar-refractivity contribution in [1.29, 1.82) is 0 Å². The van der Waals surface area contributed by atoms with E-state index in [0.717, 1.165) is 21.9 Å². The summed E-state index contributed by atoms with van der Waals surface area (Å²) in [7, 11) is 4.91. The maximum absolute atomic E-state index is 6.23. The van der Waals surface area contributed by atoms with Crippen LogP contribution in [0, 0.1) is 0 Å². The van der Waals surface area contributed by atoms with E-state index >= 15 is 0 Å². The van der Waals surface area contributed by atoms with Crippen molar-refractivity contribution in [2.24, 2.45) is 0 Å². The van der Waals surface area contributed by atoms with Gasteiger partial charge in [0.25, 0.3) is 0 Å². The molecule has 1 aliphatic rings. The third-order valence-corrected chi connectivity index (χ3v) is 5.65. The molecule has 4 rings (SSSR count). The zero-order valence-electron chi connectivity index (χ0n) is 18.3. The lowest BCUT2D eigenvalue weighted by molar-refractivity contribution is -0.241. The Morgan fingerprint density at radius 3 is 2.23 bits per heavy atom. The van der Waals surface area contributed by atoms with E-state index in [0.29, 0.717) is 37.1 Å². The van der Waals surface area contributed by atoms with Crippen LogP contribution in [0.1, 0.15) is 18.1 Å². The zero-order valence-corrected chi connectivity index (χ0v) is 18.3. The van der Waals surface area contributed by atoms with Gasteiger partial charge in [0.15, 0.2) is 0 Å². The summed E-state index contributed by atoms with van der Waals surface area (Å²) in [5.74, 6) is 0.878. The number of fused-ring (bicyclic) bond motifs is 1. The number of rotatable bonds is 8. The largest absolute Gasteiger partial charge is 0.496 e. The first-order valence-electron chi connectivity index (χ1n) is 10.3. The van der Waals surface area contributed by atoms with E-state index in [1.807, 2.05) is 61.5 Å². The van der Waals surface area contributed by atoms with Crippen LogP contribution in [-0.2, 0) is 26.6 Å². The fourth-order valence-corrected chi connectivity index (χ4v) is 4.14. The van der Waals surface area contributed by atoms with Gasteiger partial charge < -0.3 is 28.4 Å². The summed E-state index contributed by atoms with van der Waals surface area (Å²) in [6.07, 6.45) is -0.406. The lowest BCUT2D eigenvalue weighted by Crippen LogP contribution is -2.41. The van der Waals surface area contributed by atoms with E-state index < -0.39 is 11.9 Å². The Hall–Kier alpha value is -2.80. The van der Waals surface area contributed by atoms with Gasteiger partial charge in [0.2, 0.25) is 5.79 Å². The van der Waals surface area contributed by atoms with E-state index in [1.165, 1.54) is 0 Å².